The number of hydrogen-bond acceptors (Lipinski definition) is 7. The molecule has 3 rings (SSSR count). The highest BCUT2D eigenvalue weighted by Gasteiger charge is 2.19. The minimum absolute atomic E-state index is 0.0845. The monoisotopic (exact) mass is 277 g/mol. The molecule has 1 saturated heterocycles. The number of carboxylic acids is 1. The number of aromatic nitrogens is 5. The van der Waals surface area contributed by atoms with Crippen LogP contribution in [0.25, 0.3) is 5.65 Å². The standard InChI is InChI=1S/C11H15N7O2/c19-11(20)8-16-2-1-3-17(5-4-16)10-7-12-6-9-13-14-15-18(9)10/h6-7H,1-5,8H2,(H,19,20). The Hall–Kier alpha value is -2.29. The van der Waals surface area contributed by atoms with Crippen molar-refractivity contribution in [2.45, 2.75) is 6.42 Å². The molecule has 9 heteroatoms. The van der Waals surface area contributed by atoms with Crippen molar-refractivity contribution in [2.24, 2.45) is 0 Å². The molecule has 1 aliphatic rings. The fourth-order valence-corrected chi connectivity index (χ4v) is 2.43. The molecule has 0 aliphatic carbocycles. The van der Waals surface area contributed by atoms with Crippen molar-refractivity contribution in [1.82, 2.24) is 29.9 Å². The number of hydrogen-bond donors (Lipinski definition) is 1. The molecule has 2 aromatic rings. The Balaban J connectivity index is 1.78. The molecular formula is C11H15N7O2. The lowest BCUT2D eigenvalue weighted by molar-refractivity contribution is -0.138. The summed E-state index contributed by atoms with van der Waals surface area (Å²) in [5.41, 5.74) is 0.606. The molecule has 9 nitrogen and oxygen atoms in total. The van der Waals surface area contributed by atoms with Gasteiger partial charge in [-0.05, 0) is 16.8 Å². The first kappa shape index (κ1) is 12.7. The number of fused-ring (bicyclic) bond motifs is 1. The fraction of sp³-hybridized carbons (Fsp3) is 0.545. The quantitative estimate of drug-likeness (QED) is 0.771. The first-order valence-electron chi connectivity index (χ1n) is 6.45. The third-order valence-electron chi connectivity index (χ3n) is 3.36. The van der Waals surface area contributed by atoms with Gasteiger partial charge in [0.25, 0.3) is 0 Å². The molecule has 1 aliphatic heterocycles. The second-order valence-corrected chi connectivity index (χ2v) is 4.72. The fourth-order valence-electron chi connectivity index (χ4n) is 2.43. The predicted octanol–water partition coefficient (Wildman–Crippen LogP) is -0.884. The van der Waals surface area contributed by atoms with Gasteiger partial charge in [0.2, 0.25) is 0 Å². The Labute approximate surface area is 114 Å². The van der Waals surface area contributed by atoms with Crippen molar-refractivity contribution < 1.29 is 9.90 Å². The van der Waals surface area contributed by atoms with Crippen LogP contribution in [-0.2, 0) is 4.79 Å². The maximum Gasteiger partial charge on any atom is 0.317 e. The van der Waals surface area contributed by atoms with E-state index in [1.54, 1.807) is 16.9 Å². The van der Waals surface area contributed by atoms with Crippen molar-refractivity contribution in [3.63, 3.8) is 0 Å². The molecule has 0 aromatic carbocycles. The van der Waals surface area contributed by atoms with Gasteiger partial charge < -0.3 is 10.0 Å². The summed E-state index contributed by atoms with van der Waals surface area (Å²) in [4.78, 5) is 19.0. The largest absolute Gasteiger partial charge is 0.480 e. The maximum absolute atomic E-state index is 10.8. The molecule has 20 heavy (non-hydrogen) atoms. The molecule has 1 fully saturated rings. The smallest absolute Gasteiger partial charge is 0.317 e. The molecule has 0 atom stereocenters. The van der Waals surface area contributed by atoms with Gasteiger partial charge in [-0.3, -0.25) is 14.7 Å². The summed E-state index contributed by atoms with van der Waals surface area (Å²) in [7, 11) is 0. The van der Waals surface area contributed by atoms with Crippen LogP contribution < -0.4 is 4.90 Å². The van der Waals surface area contributed by atoms with E-state index in [0.29, 0.717) is 12.2 Å². The molecule has 1 N–H and O–H groups in total. The average Bonchev–Trinajstić information content (AvgIpc) is 2.79. The lowest BCUT2D eigenvalue weighted by Crippen LogP contribution is -2.34. The third-order valence-corrected chi connectivity index (χ3v) is 3.36. The maximum atomic E-state index is 10.8. The first-order valence-corrected chi connectivity index (χ1v) is 6.45. The van der Waals surface area contributed by atoms with Crippen LogP contribution in [0.2, 0.25) is 0 Å². The van der Waals surface area contributed by atoms with E-state index in [0.717, 1.165) is 31.9 Å². The molecule has 2 aromatic heterocycles. The number of carbonyl (C=O) groups is 1. The van der Waals surface area contributed by atoms with Crippen LogP contribution >= 0.6 is 0 Å². The topological polar surface area (TPSA) is 99.8 Å². The lowest BCUT2D eigenvalue weighted by atomic mass is 10.4. The van der Waals surface area contributed by atoms with Crippen molar-refractivity contribution in [3.05, 3.63) is 12.4 Å². The van der Waals surface area contributed by atoms with E-state index in [4.69, 9.17) is 5.11 Å². The molecule has 0 bridgehead atoms. The van der Waals surface area contributed by atoms with E-state index in [1.807, 2.05) is 4.90 Å². The number of tetrazole rings is 1. The summed E-state index contributed by atoms with van der Waals surface area (Å²) in [5, 5.41) is 20.3. The van der Waals surface area contributed by atoms with E-state index in [-0.39, 0.29) is 6.54 Å². The zero-order valence-electron chi connectivity index (χ0n) is 10.9. The summed E-state index contributed by atoms with van der Waals surface area (Å²) in [6.45, 7) is 3.12. The van der Waals surface area contributed by atoms with Gasteiger partial charge in [0, 0.05) is 26.2 Å². The van der Waals surface area contributed by atoms with Gasteiger partial charge in [-0.15, -0.1) is 5.10 Å². The van der Waals surface area contributed by atoms with Crippen molar-refractivity contribution in [1.29, 1.82) is 0 Å². The zero-order valence-corrected chi connectivity index (χ0v) is 10.9. The molecule has 0 amide bonds. The van der Waals surface area contributed by atoms with E-state index in [1.165, 1.54) is 0 Å². The van der Waals surface area contributed by atoms with Crippen LogP contribution in [0.1, 0.15) is 6.42 Å². The normalized spacial score (nSPS) is 17.3. The van der Waals surface area contributed by atoms with Gasteiger partial charge >= 0.3 is 5.97 Å². The molecule has 0 radical (unpaired) electrons. The average molecular weight is 277 g/mol. The van der Waals surface area contributed by atoms with Crippen molar-refractivity contribution in [2.75, 3.05) is 37.6 Å². The number of anilines is 1. The number of carboxylic acid groups (broad SMARTS) is 1. The van der Waals surface area contributed by atoms with Crippen LogP contribution in [0.15, 0.2) is 12.4 Å². The van der Waals surface area contributed by atoms with Crippen LogP contribution in [0.3, 0.4) is 0 Å². The highest BCUT2D eigenvalue weighted by molar-refractivity contribution is 5.69. The first-order chi connectivity index (χ1) is 9.74. The van der Waals surface area contributed by atoms with Crippen LogP contribution in [0.4, 0.5) is 5.82 Å². The van der Waals surface area contributed by atoms with Crippen molar-refractivity contribution >= 4 is 17.4 Å². The van der Waals surface area contributed by atoms with Gasteiger partial charge in [0.15, 0.2) is 11.5 Å². The van der Waals surface area contributed by atoms with E-state index in [2.05, 4.69) is 25.4 Å². The zero-order chi connectivity index (χ0) is 13.9. The lowest BCUT2D eigenvalue weighted by Gasteiger charge is -2.22. The van der Waals surface area contributed by atoms with E-state index < -0.39 is 5.97 Å². The highest BCUT2D eigenvalue weighted by atomic mass is 16.4. The third kappa shape index (κ3) is 2.52. The Morgan fingerprint density at radius 3 is 3.00 bits per heavy atom. The molecule has 0 spiro atoms. The number of nitrogens with zero attached hydrogens (tertiary/aromatic N) is 7. The van der Waals surface area contributed by atoms with Gasteiger partial charge in [0.05, 0.1) is 18.9 Å². The molecule has 3 heterocycles. The summed E-state index contributed by atoms with van der Waals surface area (Å²) in [5.74, 6) is 0.0485. The van der Waals surface area contributed by atoms with Gasteiger partial charge in [-0.25, -0.2) is 0 Å². The summed E-state index contributed by atoms with van der Waals surface area (Å²) >= 11 is 0. The second-order valence-electron chi connectivity index (χ2n) is 4.72. The molecular weight excluding hydrogens is 262 g/mol. The summed E-state index contributed by atoms with van der Waals surface area (Å²) in [6.07, 6.45) is 4.24. The summed E-state index contributed by atoms with van der Waals surface area (Å²) in [6, 6.07) is 0. The number of aliphatic carboxylic acids is 1. The minimum atomic E-state index is -0.789. The Bertz CT molecular complexity index is 614. The predicted molar refractivity (Wildman–Crippen MR) is 69.5 cm³/mol. The number of rotatable bonds is 3. The Morgan fingerprint density at radius 2 is 2.15 bits per heavy atom. The minimum Gasteiger partial charge on any atom is -0.480 e. The Kier molecular flexibility index (Phi) is 3.42. The highest BCUT2D eigenvalue weighted by Crippen LogP contribution is 2.15. The SMILES string of the molecule is O=C(O)CN1CCCN(c2cncc3nnnn23)CC1. The van der Waals surface area contributed by atoms with Crippen LogP contribution in [0, 0.1) is 0 Å². The summed E-state index contributed by atoms with van der Waals surface area (Å²) < 4.78 is 1.65. The van der Waals surface area contributed by atoms with Crippen LogP contribution in [0.5, 0.6) is 0 Å². The van der Waals surface area contributed by atoms with Gasteiger partial charge in [-0.1, -0.05) is 0 Å². The molecule has 0 unspecified atom stereocenters. The molecule has 0 saturated carbocycles. The van der Waals surface area contributed by atoms with E-state index in [9.17, 15) is 4.79 Å². The second kappa shape index (κ2) is 5.37. The Morgan fingerprint density at radius 1 is 1.25 bits per heavy atom. The van der Waals surface area contributed by atoms with Crippen LogP contribution in [-0.4, -0.2) is 73.7 Å². The molecule has 106 valence electrons. The van der Waals surface area contributed by atoms with E-state index >= 15 is 0 Å². The van der Waals surface area contributed by atoms with Gasteiger partial charge in [-0.2, -0.15) is 4.52 Å². The van der Waals surface area contributed by atoms with Gasteiger partial charge in [0.1, 0.15) is 0 Å². The van der Waals surface area contributed by atoms with Crippen molar-refractivity contribution in [3.8, 4) is 0 Å².